The monoisotopic (exact) mass is 368 g/mol. The van der Waals surface area contributed by atoms with Crippen LogP contribution in [0.15, 0.2) is 21.7 Å². The van der Waals surface area contributed by atoms with E-state index in [2.05, 4.69) is 10.3 Å². The molecule has 9 heteroatoms. The van der Waals surface area contributed by atoms with E-state index in [1.54, 1.807) is 24.4 Å². The third-order valence-corrected chi connectivity index (χ3v) is 7.39. The van der Waals surface area contributed by atoms with Crippen molar-refractivity contribution in [3.8, 4) is 0 Å². The van der Waals surface area contributed by atoms with Crippen molar-refractivity contribution in [2.75, 3.05) is 6.54 Å². The molecule has 1 amide bonds. The van der Waals surface area contributed by atoms with E-state index in [4.69, 9.17) is 0 Å². The van der Waals surface area contributed by atoms with Crippen molar-refractivity contribution in [3.63, 3.8) is 0 Å². The summed E-state index contributed by atoms with van der Waals surface area (Å²) >= 11 is 1.23. The van der Waals surface area contributed by atoms with Crippen LogP contribution >= 0.6 is 11.3 Å². The quantitative estimate of drug-likeness (QED) is 0.861. The zero-order valence-electron chi connectivity index (χ0n) is 13.7. The number of hydrogen-bond acceptors (Lipinski definition) is 5. The number of thiophene rings is 1. The number of nitrogens with zero attached hydrogens (tertiary/aromatic N) is 3. The highest BCUT2D eigenvalue weighted by Gasteiger charge is 2.31. The zero-order chi connectivity index (χ0) is 17.3. The zero-order valence-corrected chi connectivity index (χ0v) is 15.3. The summed E-state index contributed by atoms with van der Waals surface area (Å²) in [4.78, 5) is 16.0. The number of aromatic nitrogens is 2. The molecule has 3 heterocycles. The molecule has 2 aromatic rings. The molecular weight excluding hydrogens is 348 g/mol. The fourth-order valence-corrected chi connectivity index (χ4v) is 5.27. The fraction of sp³-hybridized carbons (Fsp3) is 0.467. The van der Waals surface area contributed by atoms with Crippen LogP contribution in [0.1, 0.15) is 30.6 Å². The van der Waals surface area contributed by atoms with Gasteiger partial charge in [-0.3, -0.25) is 4.79 Å². The van der Waals surface area contributed by atoms with E-state index in [-0.39, 0.29) is 5.91 Å². The van der Waals surface area contributed by atoms with E-state index in [0.717, 1.165) is 17.2 Å². The molecule has 0 saturated heterocycles. The van der Waals surface area contributed by atoms with Gasteiger partial charge < -0.3 is 9.88 Å². The first-order chi connectivity index (χ1) is 11.4. The number of carbonyl (C=O) groups excluding carboxylic acids is 1. The second kappa shape index (κ2) is 6.66. The van der Waals surface area contributed by atoms with Gasteiger partial charge in [0.15, 0.2) is 0 Å². The molecule has 3 rings (SSSR count). The molecule has 0 fully saturated rings. The third-order valence-electron chi connectivity index (χ3n) is 4.17. The van der Waals surface area contributed by atoms with Crippen LogP contribution in [0.25, 0.3) is 0 Å². The van der Waals surface area contributed by atoms with Crippen molar-refractivity contribution in [1.82, 2.24) is 19.2 Å². The molecule has 0 bridgehead atoms. The van der Waals surface area contributed by atoms with Gasteiger partial charge in [0.1, 0.15) is 10.0 Å². The second-order valence-electron chi connectivity index (χ2n) is 5.63. The van der Waals surface area contributed by atoms with E-state index in [1.807, 2.05) is 11.6 Å². The molecule has 1 aliphatic heterocycles. The number of carbonyl (C=O) groups is 1. The maximum atomic E-state index is 12.7. The molecule has 1 aliphatic rings. The summed E-state index contributed by atoms with van der Waals surface area (Å²) in [5, 5.41) is 4.57. The molecule has 0 saturated carbocycles. The van der Waals surface area contributed by atoms with Gasteiger partial charge in [0.2, 0.25) is 5.91 Å². The van der Waals surface area contributed by atoms with Crippen LogP contribution in [0.4, 0.5) is 0 Å². The van der Waals surface area contributed by atoms with Crippen molar-refractivity contribution in [3.05, 3.63) is 34.7 Å². The molecule has 0 aliphatic carbocycles. The average molecular weight is 368 g/mol. The van der Waals surface area contributed by atoms with Crippen molar-refractivity contribution in [2.24, 2.45) is 7.05 Å². The summed E-state index contributed by atoms with van der Waals surface area (Å²) < 4.78 is 29.1. The van der Waals surface area contributed by atoms with Gasteiger partial charge in [0.05, 0.1) is 24.5 Å². The molecule has 130 valence electrons. The predicted octanol–water partition coefficient (Wildman–Crippen LogP) is 1.25. The number of sulfonamides is 1. The SMILES string of the molecule is CCC(=O)NCc1nc2c(n1C)CN(S(=O)(=O)c1cccs1)CC2. The van der Waals surface area contributed by atoms with Crippen LogP contribution in [0, 0.1) is 0 Å². The summed E-state index contributed by atoms with van der Waals surface area (Å²) in [6, 6.07) is 3.37. The van der Waals surface area contributed by atoms with Gasteiger partial charge in [0, 0.05) is 26.4 Å². The Balaban J connectivity index is 1.81. The van der Waals surface area contributed by atoms with Gasteiger partial charge in [-0.15, -0.1) is 11.3 Å². The first-order valence-corrected chi connectivity index (χ1v) is 10.1. The average Bonchev–Trinajstić information content (AvgIpc) is 3.21. The standard InChI is InChI=1S/C15H20N4O3S2/c1-3-14(20)16-9-13-17-11-6-7-19(10-12(11)18(13)2)24(21,22)15-5-4-8-23-15/h4-5,8H,3,6-7,9-10H2,1-2H3,(H,16,20). The van der Waals surface area contributed by atoms with Gasteiger partial charge in [-0.25, -0.2) is 13.4 Å². The lowest BCUT2D eigenvalue weighted by Gasteiger charge is -2.25. The Hall–Kier alpha value is -1.71. The maximum absolute atomic E-state index is 12.7. The lowest BCUT2D eigenvalue weighted by molar-refractivity contribution is -0.120. The van der Waals surface area contributed by atoms with Crippen LogP contribution in [-0.2, 0) is 41.4 Å². The molecule has 0 radical (unpaired) electrons. The minimum atomic E-state index is -3.46. The lowest BCUT2D eigenvalue weighted by atomic mass is 10.2. The maximum Gasteiger partial charge on any atom is 0.252 e. The third kappa shape index (κ3) is 3.11. The van der Waals surface area contributed by atoms with Crippen LogP contribution in [0.3, 0.4) is 0 Å². The molecule has 7 nitrogen and oxygen atoms in total. The molecule has 0 spiro atoms. The van der Waals surface area contributed by atoms with E-state index in [0.29, 0.717) is 36.7 Å². The Labute approximate surface area is 145 Å². The lowest BCUT2D eigenvalue weighted by Crippen LogP contribution is -2.36. The Morgan fingerprint density at radius 3 is 2.92 bits per heavy atom. The Kier molecular flexibility index (Phi) is 4.75. The van der Waals surface area contributed by atoms with Gasteiger partial charge in [0.25, 0.3) is 10.0 Å². The van der Waals surface area contributed by atoms with Crippen LogP contribution in [-0.4, -0.2) is 34.7 Å². The topological polar surface area (TPSA) is 84.3 Å². The molecule has 2 aromatic heterocycles. The van der Waals surface area contributed by atoms with Crippen LogP contribution in [0.5, 0.6) is 0 Å². The van der Waals surface area contributed by atoms with E-state index in [1.165, 1.54) is 15.6 Å². The van der Waals surface area contributed by atoms with Crippen molar-refractivity contribution < 1.29 is 13.2 Å². The fourth-order valence-electron chi connectivity index (χ4n) is 2.72. The second-order valence-corrected chi connectivity index (χ2v) is 8.74. The van der Waals surface area contributed by atoms with Crippen LogP contribution in [0.2, 0.25) is 0 Å². The molecule has 0 unspecified atom stereocenters. The molecular formula is C15H20N4O3S2. The van der Waals surface area contributed by atoms with Crippen LogP contribution < -0.4 is 5.32 Å². The van der Waals surface area contributed by atoms with Crippen molar-refractivity contribution >= 4 is 27.3 Å². The summed E-state index contributed by atoms with van der Waals surface area (Å²) in [6.45, 7) is 2.88. The van der Waals surface area contributed by atoms with E-state index < -0.39 is 10.0 Å². The minimum Gasteiger partial charge on any atom is -0.349 e. The van der Waals surface area contributed by atoms with Gasteiger partial charge in [-0.05, 0) is 11.4 Å². The Bertz CT molecular complexity index is 840. The minimum absolute atomic E-state index is 0.0297. The highest BCUT2D eigenvalue weighted by atomic mass is 32.2. The molecule has 24 heavy (non-hydrogen) atoms. The predicted molar refractivity (Wildman–Crippen MR) is 91.0 cm³/mol. The highest BCUT2D eigenvalue weighted by Crippen LogP contribution is 2.27. The summed E-state index contributed by atoms with van der Waals surface area (Å²) in [5.41, 5.74) is 1.80. The van der Waals surface area contributed by atoms with Crippen molar-refractivity contribution in [2.45, 2.75) is 37.1 Å². The van der Waals surface area contributed by atoms with Gasteiger partial charge >= 0.3 is 0 Å². The molecule has 0 aromatic carbocycles. The Morgan fingerprint density at radius 2 is 2.25 bits per heavy atom. The first kappa shape index (κ1) is 17.1. The number of imidazole rings is 1. The number of amides is 1. The van der Waals surface area contributed by atoms with Crippen molar-refractivity contribution in [1.29, 1.82) is 0 Å². The molecule has 0 atom stereocenters. The summed E-state index contributed by atoms with van der Waals surface area (Å²) in [6.07, 6.45) is 1.01. The number of fused-ring (bicyclic) bond motifs is 1. The summed E-state index contributed by atoms with van der Waals surface area (Å²) in [7, 11) is -1.60. The molecule has 1 N–H and O–H groups in total. The van der Waals surface area contributed by atoms with E-state index >= 15 is 0 Å². The van der Waals surface area contributed by atoms with E-state index in [9.17, 15) is 13.2 Å². The largest absolute Gasteiger partial charge is 0.349 e. The van der Waals surface area contributed by atoms with Gasteiger partial charge in [-0.2, -0.15) is 4.31 Å². The normalized spacial score (nSPS) is 15.2. The number of nitrogens with one attached hydrogen (secondary N) is 1. The Morgan fingerprint density at radius 1 is 1.46 bits per heavy atom. The highest BCUT2D eigenvalue weighted by molar-refractivity contribution is 7.91. The summed E-state index contributed by atoms with van der Waals surface area (Å²) in [5.74, 6) is 0.718. The smallest absolute Gasteiger partial charge is 0.252 e. The number of hydrogen-bond donors (Lipinski definition) is 1. The first-order valence-electron chi connectivity index (χ1n) is 7.77. The number of rotatable bonds is 5. The van der Waals surface area contributed by atoms with Gasteiger partial charge in [-0.1, -0.05) is 13.0 Å².